The van der Waals surface area contributed by atoms with E-state index < -0.39 is 6.10 Å². The smallest absolute Gasteiger partial charge is 0.250 e. The second kappa shape index (κ2) is 5.38. The second-order valence-corrected chi connectivity index (χ2v) is 5.85. The van der Waals surface area contributed by atoms with Crippen molar-refractivity contribution in [3.8, 4) is 0 Å². The molecule has 1 amide bonds. The molecule has 3 rings (SSSR count). The Labute approximate surface area is 121 Å². The number of nitrogens with zero attached hydrogens (tertiary/aromatic N) is 2. The number of carbonyl (C=O) groups excluding carboxylic acids is 1. The van der Waals surface area contributed by atoms with Gasteiger partial charge in [0.15, 0.2) is 11.2 Å². The minimum absolute atomic E-state index is 0.0769. The minimum atomic E-state index is -0.415. The molecule has 106 valence electrons. The molecule has 1 aromatic heterocycles. The van der Waals surface area contributed by atoms with E-state index in [0.717, 1.165) is 17.2 Å². The molecule has 1 aliphatic rings. The highest BCUT2D eigenvalue weighted by molar-refractivity contribution is 7.22. The van der Waals surface area contributed by atoms with Crippen molar-refractivity contribution in [3.05, 3.63) is 23.8 Å². The zero-order chi connectivity index (χ0) is 14.1. The van der Waals surface area contributed by atoms with Gasteiger partial charge >= 0.3 is 0 Å². The summed E-state index contributed by atoms with van der Waals surface area (Å²) in [5.41, 5.74) is 2.23. The molecule has 6 heteroatoms. The fraction of sp³-hybridized carbons (Fsp3) is 0.429. The van der Waals surface area contributed by atoms with Crippen molar-refractivity contribution in [2.75, 3.05) is 31.6 Å². The zero-order valence-corrected chi connectivity index (χ0v) is 12.4. The van der Waals surface area contributed by atoms with Crippen LogP contribution in [0.15, 0.2) is 18.2 Å². The van der Waals surface area contributed by atoms with Crippen molar-refractivity contribution in [1.82, 2.24) is 10.3 Å². The Morgan fingerprint density at radius 2 is 2.40 bits per heavy atom. The number of aryl methyl sites for hydroxylation is 1. The average molecular weight is 291 g/mol. The zero-order valence-electron chi connectivity index (χ0n) is 11.5. The van der Waals surface area contributed by atoms with E-state index in [2.05, 4.69) is 29.3 Å². The summed E-state index contributed by atoms with van der Waals surface area (Å²) in [6.45, 7) is 3.94. The lowest BCUT2D eigenvalue weighted by atomic mass is 10.2. The van der Waals surface area contributed by atoms with Crippen LogP contribution in [0.3, 0.4) is 0 Å². The Kier molecular flexibility index (Phi) is 3.58. The molecular weight excluding hydrogens is 274 g/mol. The van der Waals surface area contributed by atoms with Crippen LogP contribution in [0.1, 0.15) is 5.56 Å². The molecule has 1 fully saturated rings. The number of carbonyl (C=O) groups is 1. The van der Waals surface area contributed by atoms with Crippen molar-refractivity contribution in [1.29, 1.82) is 0 Å². The molecule has 0 aliphatic carbocycles. The molecular formula is C14H17N3O2S. The first-order chi connectivity index (χ1) is 9.69. The maximum Gasteiger partial charge on any atom is 0.250 e. The molecule has 2 heterocycles. The van der Waals surface area contributed by atoms with Crippen LogP contribution < -0.4 is 10.2 Å². The van der Waals surface area contributed by atoms with Gasteiger partial charge in [0, 0.05) is 13.6 Å². The van der Waals surface area contributed by atoms with E-state index in [-0.39, 0.29) is 5.91 Å². The number of para-hydroxylation sites is 1. The predicted molar refractivity (Wildman–Crippen MR) is 80.4 cm³/mol. The lowest BCUT2D eigenvalue weighted by molar-refractivity contribution is -0.132. The van der Waals surface area contributed by atoms with Crippen LogP contribution in [-0.2, 0) is 9.53 Å². The van der Waals surface area contributed by atoms with Crippen molar-refractivity contribution in [2.24, 2.45) is 0 Å². The van der Waals surface area contributed by atoms with Gasteiger partial charge in [0.25, 0.3) is 5.91 Å². The van der Waals surface area contributed by atoms with E-state index >= 15 is 0 Å². The fourth-order valence-corrected chi connectivity index (χ4v) is 3.43. The standard InChI is InChI=1S/C14H17N3O2S/c1-9-4-3-5-11-12(9)16-14(20-11)17-6-7-19-10(8-17)13(18)15-2/h3-5,10H,6-8H2,1-2H3,(H,15,18). The summed E-state index contributed by atoms with van der Waals surface area (Å²) in [6.07, 6.45) is -0.415. The monoisotopic (exact) mass is 291 g/mol. The third kappa shape index (κ3) is 2.36. The molecule has 1 saturated heterocycles. The van der Waals surface area contributed by atoms with Gasteiger partial charge in [-0.3, -0.25) is 4.79 Å². The molecule has 1 unspecified atom stereocenters. The number of benzene rings is 1. The molecule has 1 aromatic carbocycles. The van der Waals surface area contributed by atoms with E-state index in [4.69, 9.17) is 9.72 Å². The van der Waals surface area contributed by atoms with Crippen LogP contribution in [-0.4, -0.2) is 43.7 Å². The highest BCUT2D eigenvalue weighted by Crippen LogP contribution is 2.31. The maximum absolute atomic E-state index is 11.7. The summed E-state index contributed by atoms with van der Waals surface area (Å²) >= 11 is 1.67. The number of thiazole rings is 1. The van der Waals surface area contributed by atoms with Gasteiger partial charge in [-0.05, 0) is 18.6 Å². The Hall–Kier alpha value is -1.66. The first kappa shape index (κ1) is 13.3. The molecule has 20 heavy (non-hydrogen) atoms. The van der Waals surface area contributed by atoms with Crippen molar-refractivity contribution >= 4 is 32.6 Å². The minimum Gasteiger partial charge on any atom is -0.365 e. The first-order valence-corrected chi connectivity index (χ1v) is 7.45. The Balaban J connectivity index is 1.87. The first-order valence-electron chi connectivity index (χ1n) is 6.63. The number of anilines is 1. The lowest BCUT2D eigenvalue weighted by Gasteiger charge is -2.31. The Morgan fingerprint density at radius 3 is 3.15 bits per heavy atom. The van der Waals surface area contributed by atoms with Gasteiger partial charge in [0.05, 0.1) is 23.4 Å². The van der Waals surface area contributed by atoms with Gasteiger partial charge in [0.2, 0.25) is 0 Å². The molecule has 0 saturated carbocycles. The number of rotatable bonds is 2. The third-order valence-electron chi connectivity index (χ3n) is 3.49. The van der Waals surface area contributed by atoms with E-state index in [9.17, 15) is 4.79 Å². The van der Waals surface area contributed by atoms with Gasteiger partial charge in [-0.1, -0.05) is 23.5 Å². The topological polar surface area (TPSA) is 54.5 Å². The van der Waals surface area contributed by atoms with Crippen LogP contribution in [0.2, 0.25) is 0 Å². The number of aromatic nitrogens is 1. The van der Waals surface area contributed by atoms with Gasteiger partial charge in [-0.15, -0.1) is 0 Å². The van der Waals surface area contributed by atoms with Crippen LogP contribution in [0.25, 0.3) is 10.2 Å². The summed E-state index contributed by atoms with van der Waals surface area (Å²) in [7, 11) is 1.63. The third-order valence-corrected chi connectivity index (χ3v) is 4.57. The predicted octanol–water partition coefficient (Wildman–Crippen LogP) is 1.56. The van der Waals surface area contributed by atoms with Crippen LogP contribution in [0, 0.1) is 6.92 Å². The number of likely N-dealkylation sites (N-methyl/N-ethyl adjacent to an activating group) is 1. The van der Waals surface area contributed by atoms with Crippen LogP contribution in [0.5, 0.6) is 0 Å². The number of amides is 1. The highest BCUT2D eigenvalue weighted by atomic mass is 32.1. The van der Waals surface area contributed by atoms with Gasteiger partial charge in [-0.2, -0.15) is 0 Å². The van der Waals surface area contributed by atoms with Gasteiger partial charge in [-0.25, -0.2) is 4.98 Å². The van der Waals surface area contributed by atoms with Crippen LogP contribution >= 0.6 is 11.3 Å². The van der Waals surface area contributed by atoms with E-state index in [1.807, 2.05) is 6.07 Å². The maximum atomic E-state index is 11.7. The van der Waals surface area contributed by atoms with Gasteiger partial charge < -0.3 is 15.0 Å². The number of morpholine rings is 1. The molecule has 1 atom stereocenters. The normalized spacial score (nSPS) is 19.3. The second-order valence-electron chi connectivity index (χ2n) is 4.84. The fourth-order valence-electron chi connectivity index (χ4n) is 2.35. The highest BCUT2D eigenvalue weighted by Gasteiger charge is 2.27. The SMILES string of the molecule is CNC(=O)C1CN(c2nc3c(C)cccc3s2)CCO1. The van der Waals surface area contributed by atoms with Gasteiger partial charge in [0.1, 0.15) is 0 Å². The average Bonchev–Trinajstić information content (AvgIpc) is 2.92. The van der Waals surface area contributed by atoms with Crippen molar-refractivity contribution in [3.63, 3.8) is 0 Å². The number of hydrogen-bond acceptors (Lipinski definition) is 5. The summed E-state index contributed by atoms with van der Waals surface area (Å²) in [4.78, 5) is 18.5. The number of ether oxygens (including phenoxy) is 1. The summed E-state index contributed by atoms with van der Waals surface area (Å²) in [5.74, 6) is -0.0769. The van der Waals surface area contributed by atoms with E-state index in [0.29, 0.717) is 13.2 Å². The van der Waals surface area contributed by atoms with Crippen molar-refractivity contribution < 1.29 is 9.53 Å². The number of nitrogens with one attached hydrogen (secondary N) is 1. The molecule has 0 bridgehead atoms. The number of fused-ring (bicyclic) bond motifs is 1. The Morgan fingerprint density at radius 1 is 1.55 bits per heavy atom. The quantitative estimate of drug-likeness (QED) is 0.912. The van der Waals surface area contributed by atoms with Crippen LogP contribution in [0.4, 0.5) is 5.13 Å². The summed E-state index contributed by atoms with van der Waals surface area (Å²) < 4.78 is 6.69. The Bertz CT molecular complexity index is 640. The molecule has 1 aliphatic heterocycles. The van der Waals surface area contributed by atoms with E-state index in [1.54, 1.807) is 18.4 Å². The van der Waals surface area contributed by atoms with Crippen molar-refractivity contribution in [2.45, 2.75) is 13.0 Å². The number of hydrogen-bond donors (Lipinski definition) is 1. The molecule has 1 N–H and O–H groups in total. The molecule has 2 aromatic rings. The van der Waals surface area contributed by atoms with E-state index in [1.165, 1.54) is 10.3 Å². The molecule has 0 radical (unpaired) electrons. The summed E-state index contributed by atoms with van der Waals surface area (Å²) in [6, 6.07) is 6.20. The largest absolute Gasteiger partial charge is 0.365 e. The summed E-state index contributed by atoms with van der Waals surface area (Å²) in [5, 5.41) is 3.60. The molecule has 5 nitrogen and oxygen atoms in total. The lowest BCUT2D eigenvalue weighted by Crippen LogP contribution is -2.49. The molecule has 0 spiro atoms.